The van der Waals surface area contributed by atoms with Crippen molar-refractivity contribution in [1.82, 2.24) is 0 Å². The Labute approximate surface area is 303 Å². The molecule has 0 atom stereocenters. The second kappa shape index (κ2) is 13.4. The van der Waals surface area contributed by atoms with Crippen molar-refractivity contribution in [1.29, 1.82) is 0 Å². The Morgan fingerprint density at radius 2 is 1.27 bits per heavy atom. The average Bonchev–Trinajstić information content (AvgIpc) is 3.20. The van der Waals surface area contributed by atoms with E-state index >= 15 is 0 Å². The van der Waals surface area contributed by atoms with Gasteiger partial charge in [-0.3, -0.25) is 0 Å². The summed E-state index contributed by atoms with van der Waals surface area (Å²) in [7, 11) is 0. The number of halogens is 1. The van der Waals surface area contributed by atoms with Gasteiger partial charge in [-0.05, 0) is 94.4 Å². The van der Waals surface area contributed by atoms with E-state index in [1.165, 1.54) is 54.8 Å². The van der Waals surface area contributed by atoms with E-state index in [9.17, 15) is 0 Å². The lowest BCUT2D eigenvalue weighted by Crippen LogP contribution is -2.35. The fourth-order valence-corrected chi connectivity index (χ4v) is 7.96. The predicted octanol–water partition coefficient (Wildman–Crippen LogP) is 12.8. The number of allylic oxidation sites excluding steroid dienone is 7. The number of nitrogens with zero attached hydrogens (tertiary/aromatic N) is 2. The number of anilines is 2. The first-order valence-corrected chi connectivity index (χ1v) is 18.1. The molecular formula is C48H36ClN2+. The van der Waals surface area contributed by atoms with Gasteiger partial charge in [-0.15, -0.1) is 0 Å². The fourth-order valence-electron chi connectivity index (χ4n) is 7.64. The summed E-state index contributed by atoms with van der Waals surface area (Å²) in [5, 5.41) is 7.09. The van der Waals surface area contributed by atoms with Crippen LogP contribution in [0.2, 0.25) is 0 Å². The minimum Gasteiger partial charge on any atom is -0.310 e. The van der Waals surface area contributed by atoms with Crippen molar-refractivity contribution in [2.45, 2.75) is 19.3 Å². The van der Waals surface area contributed by atoms with Crippen LogP contribution >= 0.6 is 11.6 Å². The standard InChI is InChI=1S/C48H36ClN2/c49-48-36(22-26-40-28-30-44-42-20-9-7-12-34(42)24-32-46(44)50(40)38-16-3-1-4-17-38)14-11-15-37(48)23-27-41-29-31-45-43-21-10-8-13-35(43)25-33-47(45)51(41)39-18-5-2-6-19-39/h1-10,12-13,16-33H,11,14-15H2/q+1. The molecule has 1 aliphatic heterocycles. The molecule has 0 bridgehead atoms. The molecular weight excluding hydrogens is 640 g/mol. The van der Waals surface area contributed by atoms with E-state index in [-0.39, 0.29) is 0 Å². The Kier molecular flexibility index (Phi) is 8.16. The van der Waals surface area contributed by atoms with Crippen LogP contribution in [0, 0.1) is 0 Å². The molecule has 0 N–H and O–H groups in total. The van der Waals surface area contributed by atoms with Crippen molar-refractivity contribution >= 4 is 67.6 Å². The van der Waals surface area contributed by atoms with Crippen molar-refractivity contribution < 1.29 is 4.57 Å². The summed E-state index contributed by atoms with van der Waals surface area (Å²) < 4.78 is 2.35. The number of hydrogen-bond donors (Lipinski definition) is 0. The van der Waals surface area contributed by atoms with Crippen molar-refractivity contribution in [3.8, 4) is 5.69 Å². The summed E-state index contributed by atoms with van der Waals surface area (Å²) in [6.45, 7) is 0. The molecule has 3 heteroatoms. The molecule has 9 rings (SSSR count). The van der Waals surface area contributed by atoms with Gasteiger partial charge in [0.15, 0.2) is 0 Å². The normalized spacial score (nSPS) is 16.3. The van der Waals surface area contributed by atoms with E-state index in [1.807, 2.05) is 0 Å². The SMILES string of the molecule is ClC1=C(C=Cc2ccc3c4ccccc4ccc3[n+]2-c2ccccc2)CCCC1=CC=C1C=Cc2c(ccc3ccccc23)N1c1ccccc1. The maximum Gasteiger partial charge on any atom is 0.219 e. The van der Waals surface area contributed by atoms with E-state index in [1.54, 1.807) is 0 Å². The van der Waals surface area contributed by atoms with Gasteiger partial charge in [0.05, 0.1) is 11.1 Å². The third kappa shape index (κ3) is 5.78. The van der Waals surface area contributed by atoms with E-state index in [4.69, 9.17) is 11.6 Å². The first-order valence-electron chi connectivity index (χ1n) is 17.7. The molecule has 7 aromatic rings. The number of fused-ring (bicyclic) bond motifs is 6. The van der Waals surface area contributed by atoms with Gasteiger partial charge in [0.1, 0.15) is 0 Å². The summed E-state index contributed by atoms with van der Waals surface area (Å²) in [4.78, 5) is 2.35. The second-order valence-electron chi connectivity index (χ2n) is 13.2. The second-order valence-corrected chi connectivity index (χ2v) is 13.6. The Morgan fingerprint density at radius 1 is 0.569 bits per heavy atom. The lowest BCUT2D eigenvalue weighted by atomic mass is 9.93. The molecule has 1 aromatic heterocycles. The van der Waals surface area contributed by atoms with Crippen LogP contribution in [-0.2, 0) is 0 Å². The molecule has 0 unspecified atom stereocenters. The lowest BCUT2D eigenvalue weighted by molar-refractivity contribution is -0.569. The van der Waals surface area contributed by atoms with Gasteiger partial charge < -0.3 is 4.90 Å². The summed E-state index contributed by atoms with van der Waals surface area (Å²) in [5.41, 5.74) is 10.4. The number of para-hydroxylation sites is 2. The summed E-state index contributed by atoms with van der Waals surface area (Å²) >= 11 is 7.24. The molecule has 0 fully saturated rings. The number of rotatable bonds is 5. The first kappa shape index (κ1) is 31.1. The summed E-state index contributed by atoms with van der Waals surface area (Å²) in [6, 6.07) is 51.8. The molecule has 2 nitrogen and oxygen atoms in total. The van der Waals surface area contributed by atoms with Crippen LogP contribution in [0.25, 0.3) is 50.3 Å². The molecule has 51 heavy (non-hydrogen) atoms. The van der Waals surface area contributed by atoms with Crippen LogP contribution in [-0.4, -0.2) is 0 Å². The lowest BCUT2D eigenvalue weighted by Gasteiger charge is -2.31. The largest absolute Gasteiger partial charge is 0.310 e. The topological polar surface area (TPSA) is 7.12 Å². The van der Waals surface area contributed by atoms with E-state index in [0.717, 1.165) is 47.1 Å². The molecule has 2 aliphatic rings. The summed E-state index contributed by atoms with van der Waals surface area (Å²) in [6.07, 6.45) is 16.3. The Bertz CT molecular complexity index is 2610. The highest BCUT2D eigenvalue weighted by atomic mass is 35.5. The van der Waals surface area contributed by atoms with E-state index in [0.29, 0.717) is 0 Å². The van der Waals surface area contributed by atoms with E-state index < -0.39 is 0 Å². The van der Waals surface area contributed by atoms with Crippen LogP contribution in [0.5, 0.6) is 0 Å². The zero-order chi connectivity index (χ0) is 34.1. The van der Waals surface area contributed by atoms with Gasteiger partial charge in [0.2, 0.25) is 16.9 Å². The monoisotopic (exact) mass is 675 g/mol. The van der Waals surface area contributed by atoms with Gasteiger partial charge in [0, 0.05) is 52.3 Å². The maximum absolute atomic E-state index is 7.24. The molecule has 244 valence electrons. The summed E-state index contributed by atoms with van der Waals surface area (Å²) in [5.74, 6) is 0. The Morgan fingerprint density at radius 3 is 2.10 bits per heavy atom. The first-order chi connectivity index (χ1) is 25.2. The van der Waals surface area contributed by atoms with Gasteiger partial charge in [-0.2, -0.15) is 4.57 Å². The number of aromatic nitrogens is 1. The highest BCUT2D eigenvalue weighted by Gasteiger charge is 2.22. The highest BCUT2D eigenvalue weighted by Crippen LogP contribution is 2.41. The van der Waals surface area contributed by atoms with Crippen LogP contribution < -0.4 is 9.47 Å². The third-order valence-corrected chi connectivity index (χ3v) is 10.6. The average molecular weight is 676 g/mol. The molecule has 6 aromatic carbocycles. The molecule has 1 aliphatic carbocycles. The Hall–Kier alpha value is -5.96. The van der Waals surface area contributed by atoms with Crippen molar-refractivity contribution in [3.05, 3.63) is 203 Å². The minimum absolute atomic E-state index is 0.852. The van der Waals surface area contributed by atoms with Crippen LogP contribution in [0.1, 0.15) is 30.5 Å². The molecule has 0 saturated heterocycles. The number of benzene rings is 6. The van der Waals surface area contributed by atoms with Crippen LogP contribution in [0.15, 0.2) is 192 Å². The number of pyridine rings is 1. The smallest absolute Gasteiger partial charge is 0.219 e. The molecule has 0 saturated carbocycles. The molecule has 0 spiro atoms. The van der Waals surface area contributed by atoms with Crippen molar-refractivity contribution in [2.24, 2.45) is 0 Å². The zero-order valence-electron chi connectivity index (χ0n) is 28.2. The van der Waals surface area contributed by atoms with Gasteiger partial charge >= 0.3 is 0 Å². The molecule has 2 heterocycles. The van der Waals surface area contributed by atoms with Crippen LogP contribution in [0.4, 0.5) is 11.4 Å². The maximum atomic E-state index is 7.24. The van der Waals surface area contributed by atoms with Crippen molar-refractivity contribution in [2.75, 3.05) is 4.90 Å². The minimum atomic E-state index is 0.852. The van der Waals surface area contributed by atoms with Gasteiger partial charge in [0.25, 0.3) is 0 Å². The fraction of sp³-hybridized carbons (Fsp3) is 0.0625. The number of hydrogen-bond acceptors (Lipinski definition) is 1. The zero-order valence-corrected chi connectivity index (χ0v) is 29.0. The van der Waals surface area contributed by atoms with E-state index in [2.05, 4.69) is 192 Å². The quantitative estimate of drug-likeness (QED) is 0.130. The molecule has 0 radical (unpaired) electrons. The third-order valence-electron chi connectivity index (χ3n) is 10.1. The Balaban J connectivity index is 1.10. The van der Waals surface area contributed by atoms with Gasteiger partial charge in [-0.25, -0.2) is 0 Å². The van der Waals surface area contributed by atoms with Crippen molar-refractivity contribution in [3.63, 3.8) is 0 Å². The van der Waals surface area contributed by atoms with Crippen LogP contribution in [0.3, 0.4) is 0 Å². The highest BCUT2D eigenvalue weighted by molar-refractivity contribution is 6.32. The molecule has 0 amide bonds. The van der Waals surface area contributed by atoms with Gasteiger partial charge in [-0.1, -0.05) is 121 Å². The predicted molar refractivity (Wildman–Crippen MR) is 216 cm³/mol.